The predicted octanol–water partition coefficient (Wildman–Crippen LogP) is 3.49. The number of hydrogen-bond donors (Lipinski definition) is 1. The van der Waals surface area contributed by atoms with Crippen LogP contribution >= 0.6 is 0 Å². The van der Waals surface area contributed by atoms with Gasteiger partial charge >= 0.3 is 0 Å². The van der Waals surface area contributed by atoms with E-state index in [9.17, 15) is 5.11 Å². The van der Waals surface area contributed by atoms with Gasteiger partial charge in [-0.1, -0.05) is 25.7 Å². The third kappa shape index (κ3) is 3.80. The molecule has 0 aromatic carbocycles. The second kappa shape index (κ2) is 6.97. The Labute approximate surface area is 130 Å². The quantitative estimate of drug-likeness (QED) is 0.865. The molecular formula is C18H33NO2. The second-order valence-corrected chi connectivity index (χ2v) is 7.71. The summed E-state index contributed by atoms with van der Waals surface area (Å²) in [6.45, 7) is 4.13. The third-order valence-corrected chi connectivity index (χ3v) is 5.99. The lowest BCUT2D eigenvalue weighted by Crippen LogP contribution is -2.54. The van der Waals surface area contributed by atoms with Crippen LogP contribution in [-0.4, -0.2) is 46.9 Å². The standard InChI is InChI=1S/C18H33NO2/c1-15(20)13-16-7-3-6-11-19(16)17-8-12-21-18(14-17)9-4-2-5-10-18/h15-17,20H,2-14H2,1H3. The first-order valence-corrected chi connectivity index (χ1v) is 9.26. The predicted molar refractivity (Wildman–Crippen MR) is 85.4 cm³/mol. The van der Waals surface area contributed by atoms with Crippen molar-refractivity contribution in [1.29, 1.82) is 0 Å². The number of nitrogens with zero attached hydrogens (tertiary/aromatic N) is 1. The monoisotopic (exact) mass is 295 g/mol. The van der Waals surface area contributed by atoms with Gasteiger partial charge in [-0.25, -0.2) is 0 Å². The Kier molecular flexibility index (Phi) is 5.23. The van der Waals surface area contributed by atoms with Gasteiger partial charge in [0.15, 0.2) is 0 Å². The highest BCUT2D eigenvalue weighted by atomic mass is 16.5. The Hall–Kier alpha value is -0.120. The van der Waals surface area contributed by atoms with Gasteiger partial charge in [-0.2, -0.15) is 0 Å². The summed E-state index contributed by atoms with van der Waals surface area (Å²) in [6, 6.07) is 1.29. The van der Waals surface area contributed by atoms with Gasteiger partial charge in [0.2, 0.25) is 0 Å². The maximum absolute atomic E-state index is 9.81. The smallest absolute Gasteiger partial charge is 0.0697 e. The normalized spacial score (nSPS) is 35.7. The van der Waals surface area contributed by atoms with Crippen LogP contribution in [0.3, 0.4) is 0 Å². The minimum Gasteiger partial charge on any atom is -0.393 e. The SMILES string of the molecule is CC(O)CC1CCCCN1C1CCOC2(CCCCC2)C1. The lowest BCUT2D eigenvalue weighted by molar-refractivity contribution is -0.132. The Morgan fingerprint density at radius 3 is 2.71 bits per heavy atom. The van der Waals surface area contributed by atoms with Gasteiger partial charge in [0.25, 0.3) is 0 Å². The number of hydrogen-bond acceptors (Lipinski definition) is 3. The van der Waals surface area contributed by atoms with E-state index in [1.54, 1.807) is 0 Å². The molecule has 1 spiro atoms. The van der Waals surface area contributed by atoms with E-state index in [0.717, 1.165) is 13.0 Å². The third-order valence-electron chi connectivity index (χ3n) is 5.99. The number of piperidine rings is 1. The number of aliphatic hydroxyl groups is 1. The van der Waals surface area contributed by atoms with Crippen LogP contribution in [0.1, 0.15) is 77.6 Å². The summed E-state index contributed by atoms with van der Waals surface area (Å²) in [5.74, 6) is 0. The molecule has 0 radical (unpaired) electrons. The lowest BCUT2D eigenvalue weighted by atomic mass is 9.77. The number of likely N-dealkylation sites (tertiary alicyclic amines) is 1. The molecule has 3 unspecified atom stereocenters. The average Bonchev–Trinajstić information content (AvgIpc) is 2.48. The Morgan fingerprint density at radius 2 is 1.95 bits per heavy atom. The van der Waals surface area contributed by atoms with Gasteiger partial charge in [0, 0.05) is 18.7 Å². The van der Waals surface area contributed by atoms with Crippen LogP contribution in [0.25, 0.3) is 0 Å². The molecule has 3 aliphatic rings. The molecule has 3 heteroatoms. The minimum absolute atomic E-state index is 0.168. The molecule has 0 amide bonds. The van der Waals surface area contributed by atoms with Gasteiger partial charge in [0.1, 0.15) is 0 Å². The summed E-state index contributed by atoms with van der Waals surface area (Å²) in [7, 11) is 0. The maximum atomic E-state index is 9.81. The Bertz CT molecular complexity index is 320. The molecule has 3 atom stereocenters. The zero-order valence-electron chi connectivity index (χ0n) is 13.7. The first-order chi connectivity index (χ1) is 10.2. The number of ether oxygens (including phenoxy) is 1. The summed E-state index contributed by atoms with van der Waals surface area (Å²) in [5.41, 5.74) is 0.202. The van der Waals surface area contributed by atoms with Crippen LogP contribution in [0.5, 0.6) is 0 Å². The summed E-state index contributed by atoms with van der Waals surface area (Å²) < 4.78 is 6.27. The minimum atomic E-state index is -0.168. The van der Waals surface area contributed by atoms with Gasteiger partial charge < -0.3 is 9.84 Å². The zero-order valence-corrected chi connectivity index (χ0v) is 13.7. The summed E-state index contributed by atoms with van der Waals surface area (Å²) in [6.07, 6.45) is 13.8. The number of aliphatic hydroxyl groups excluding tert-OH is 1. The van der Waals surface area contributed by atoms with Crippen LogP contribution < -0.4 is 0 Å². The van der Waals surface area contributed by atoms with Gasteiger partial charge in [-0.15, -0.1) is 0 Å². The van der Waals surface area contributed by atoms with Gasteiger partial charge in [0.05, 0.1) is 11.7 Å². The molecule has 2 saturated heterocycles. The van der Waals surface area contributed by atoms with E-state index < -0.39 is 0 Å². The second-order valence-electron chi connectivity index (χ2n) is 7.71. The van der Waals surface area contributed by atoms with Crippen molar-refractivity contribution in [3.8, 4) is 0 Å². The van der Waals surface area contributed by atoms with Crippen LogP contribution in [0.4, 0.5) is 0 Å². The van der Waals surface area contributed by atoms with Crippen molar-refractivity contribution in [2.45, 2.75) is 101 Å². The van der Waals surface area contributed by atoms with E-state index in [4.69, 9.17) is 4.74 Å². The van der Waals surface area contributed by atoms with E-state index >= 15 is 0 Å². The van der Waals surface area contributed by atoms with Crippen molar-refractivity contribution in [2.75, 3.05) is 13.2 Å². The van der Waals surface area contributed by atoms with Crippen molar-refractivity contribution in [3.63, 3.8) is 0 Å². The molecule has 0 aromatic rings. The van der Waals surface area contributed by atoms with Crippen molar-refractivity contribution in [1.82, 2.24) is 4.90 Å². The first kappa shape index (κ1) is 15.8. The Balaban J connectivity index is 1.65. The topological polar surface area (TPSA) is 32.7 Å². The molecular weight excluding hydrogens is 262 g/mol. The fraction of sp³-hybridized carbons (Fsp3) is 1.00. The molecule has 21 heavy (non-hydrogen) atoms. The van der Waals surface area contributed by atoms with Crippen LogP contribution in [0.15, 0.2) is 0 Å². The van der Waals surface area contributed by atoms with Gasteiger partial charge in [-0.3, -0.25) is 4.90 Å². The van der Waals surface area contributed by atoms with E-state index in [2.05, 4.69) is 4.90 Å². The Morgan fingerprint density at radius 1 is 1.14 bits per heavy atom. The molecule has 2 heterocycles. The van der Waals surface area contributed by atoms with Crippen LogP contribution in [-0.2, 0) is 4.74 Å². The highest BCUT2D eigenvalue weighted by Gasteiger charge is 2.41. The molecule has 1 N–H and O–H groups in total. The molecule has 3 nitrogen and oxygen atoms in total. The summed E-state index contributed by atoms with van der Waals surface area (Å²) in [5, 5.41) is 9.81. The largest absolute Gasteiger partial charge is 0.393 e. The van der Waals surface area contributed by atoms with E-state index in [0.29, 0.717) is 12.1 Å². The molecule has 2 aliphatic heterocycles. The summed E-state index contributed by atoms with van der Waals surface area (Å²) >= 11 is 0. The molecule has 1 saturated carbocycles. The van der Waals surface area contributed by atoms with E-state index in [1.807, 2.05) is 6.92 Å². The van der Waals surface area contributed by atoms with Crippen LogP contribution in [0.2, 0.25) is 0 Å². The first-order valence-electron chi connectivity index (χ1n) is 9.26. The van der Waals surface area contributed by atoms with E-state index in [1.165, 1.54) is 70.8 Å². The fourth-order valence-corrected chi connectivity index (χ4v) is 4.98. The van der Waals surface area contributed by atoms with Crippen LogP contribution in [0, 0.1) is 0 Å². The number of rotatable bonds is 3. The molecule has 3 fully saturated rings. The molecule has 3 rings (SSSR count). The van der Waals surface area contributed by atoms with E-state index in [-0.39, 0.29) is 11.7 Å². The van der Waals surface area contributed by atoms with Gasteiger partial charge in [-0.05, 0) is 58.4 Å². The molecule has 0 bridgehead atoms. The molecule has 0 aromatic heterocycles. The average molecular weight is 295 g/mol. The maximum Gasteiger partial charge on any atom is 0.0697 e. The summed E-state index contributed by atoms with van der Waals surface area (Å²) in [4.78, 5) is 2.75. The highest BCUT2D eigenvalue weighted by molar-refractivity contribution is 4.95. The molecule has 1 aliphatic carbocycles. The highest BCUT2D eigenvalue weighted by Crippen LogP contribution is 2.41. The molecule has 122 valence electrons. The zero-order chi connectivity index (χ0) is 14.7. The van der Waals surface area contributed by atoms with Crippen molar-refractivity contribution in [2.24, 2.45) is 0 Å². The van der Waals surface area contributed by atoms with Crippen molar-refractivity contribution < 1.29 is 9.84 Å². The lowest BCUT2D eigenvalue weighted by Gasteiger charge is -2.50. The fourth-order valence-electron chi connectivity index (χ4n) is 4.98. The van der Waals surface area contributed by atoms with Crippen molar-refractivity contribution in [3.05, 3.63) is 0 Å². The van der Waals surface area contributed by atoms with Crippen molar-refractivity contribution >= 4 is 0 Å².